The van der Waals surface area contributed by atoms with Gasteiger partial charge in [-0.2, -0.15) is 0 Å². The van der Waals surface area contributed by atoms with Crippen molar-refractivity contribution < 1.29 is 23.9 Å². The van der Waals surface area contributed by atoms with Gasteiger partial charge in [0.1, 0.15) is 12.1 Å². The van der Waals surface area contributed by atoms with Crippen LogP contribution in [0.15, 0.2) is 11.6 Å². The summed E-state index contributed by atoms with van der Waals surface area (Å²) in [6.07, 6.45) is 7.00. The zero-order valence-electron chi connectivity index (χ0n) is 25.7. The van der Waals surface area contributed by atoms with Crippen molar-refractivity contribution in [2.45, 2.75) is 117 Å². The molecular formula is C30H52N4O5. The van der Waals surface area contributed by atoms with Gasteiger partial charge in [0, 0.05) is 25.2 Å². The number of piperidine rings is 2. The van der Waals surface area contributed by atoms with Gasteiger partial charge in [-0.05, 0) is 71.3 Å². The third kappa shape index (κ3) is 8.29. The summed E-state index contributed by atoms with van der Waals surface area (Å²) in [5.74, 6) is -0.951. The van der Waals surface area contributed by atoms with E-state index >= 15 is 0 Å². The van der Waals surface area contributed by atoms with E-state index in [4.69, 9.17) is 4.74 Å². The van der Waals surface area contributed by atoms with E-state index < -0.39 is 18.1 Å². The van der Waals surface area contributed by atoms with Crippen molar-refractivity contribution in [1.82, 2.24) is 20.0 Å². The number of carbonyl (C=O) groups is 4. The van der Waals surface area contributed by atoms with E-state index in [9.17, 15) is 19.2 Å². The summed E-state index contributed by atoms with van der Waals surface area (Å²) in [5.41, 5.74) is 0.490. The van der Waals surface area contributed by atoms with Crippen LogP contribution in [0.4, 0.5) is 0 Å². The first-order valence-electron chi connectivity index (χ1n) is 14.7. The molecule has 0 aromatic carbocycles. The summed E-state index contributed by atoms with van der Waals surface area (Å²) >= 11 is 0. The lowest BCUT2D eigenvalue weighted by Crippen LogP contribution is -2.58. The second-order valence-electron chi connectivity index (χ2n) is 12.1. The maximum absolute atomic E-state index is 13.8. The molecule has 9 nitrogen and oxygen atoms in total. The van der Waals surface area contributed by atoms with E-state index in [-0.39, 0.29) is 47.7 Å². The van der Waals surface area contributed by atoms with Crippen LogP contribution < -0.4 is 5.32 Å². The molecule has 0 aliphatic carbocycles. The summed E-state index contributed by atoms with van der Waals surface area (Å²) in [7, 11) is 3.08. The number of carbonyl (C=O) groups excluding carboxylic acids is 4. The van der Waals surface area contributed by atoms with Crippen LogP contribution in [0.3, 0.4) is 0 Å². The van der Waals surface area contributed by atoms with Gasteiger partial charge < -0.3 is 19.9 Å². The molecule has 0 radical (unpaired) electrons. The fraction of sp³-hybridized carbons (Fsp3) is 0.800. The van der Waals surface area contributed by atoms with Crippen LogP contribution in [0.1, 0.15) is 87.0 Å². The standard InChI is InChI=1S/C30H52N4O5/c1-19(2)25(18-22(7)28(36)34-17-13-11-15-24(34)30(38)39-9)32(8)29(37)26(20(3)4)31-27(35)23-14-10-12-16-33(23)21(5)6/h18-21,23-26H,10-17H2,1-9H3,(H,31,35)/b22-18+/t23-,24?,25-,26+/m1/s1. The molecule has 0 aromatic rings. The fourth-order valence-corrected chi connectivity index (χ4v) is 5.84. The van der Waals surface area contributed by atoms with E-state index in [1.54, 1.807) is 23.8 Å². The molecule has 4 atom stereocenters. The summed E-state index contributed by atoms with van der Waals surface area (Å²) < 4.78 is 4.94. The Bertz CT molecular complexity index is 900. The molecule has 2 aliphatic heterocycles. The van der Waals surface area contributed by atoms with Crippen LogP contribution in [-0.4, -0.2) is 95.8 Å². The second-order valence-corrected chi connectivity index (χ2v) is 12.1. The van der Waals surface area contributed by atoms with Gasteiger partial charge in [-0.3, -0.25) is 19.3 Å². The smallest absolute Gasteiger partial charge is 0.328 e. The second kappa shape index (κ2) is 14.8. The highest BCUT2D eigenvalue weighted by Crippen LogP contribution is 2.23. The fourth-order valence-electron chi connectivity index (χ4n) is 5.84. The average Bonchev–Trinajstić information content (AvgIpc) is 2.92. The molecule has 2 heterocycles. The number of hydrogen-bond acceptors (Lipinski definition) is 6. The molecule has 2 aliphatic rings. The molecule has 2 fully saturated rings. The number of esters is 1. The predicted octanol–water partition coefficient (Wildman–Crippen LogP) is 3.37. The molecule has 222 valence electrons. The molecule has 2 saturated heterocycles. The maximum Gasteiger partial charge on any atom is 0.328 e. The van der Waals surface area contributed by atoms with Crippen molar-refractivity contribution in [2.75, 3.05) is 27.2 Å². The van der Waals surface area contributed by atoms with E-state index in [1.807, 2.05) is 33.8 Å². The van der Waals surface area contributed by atoms with Crippen LogP contribution in [-0.2, 0) is 23.9 Å². The Morgan fingerprint density at radius 2 is 1.49 bits per heavy atom. The number of methoxy groups -OCH3 is 1. The number of ether oxygens (including phenoxy) is 1. The van der Waals surface area contributed by atoms with Crippen molar-refractivity contribution in [2.24, 2.45) is 11.8 Å². The highest BCUT2D eigenvalue weighted by molar-refractivity contribution is 5.96. The normalized spacial score (nSPS) is 22.6. The minimum Gasteiger partial charge on any atom is -0.467 e. The molecule has 0 aromatic heterocycles. The Morgan fingerprint density at radius 1 is 0.897 bits per heavy atom. The van der Waals surface area contributed by atoms with Gasteiger partial charge in [0.25, 0.3) is 0 Å². The molecule has 1 N–H and O–H groups in total. The minimum absolute atomic E-state index is 0.0257. The first-order valence-corrected chi connectivity index (χ1v) is 14.7. The number of nitrogens with one attached hydrogen (secondary N) is 1. The molecular weight excluding hydrogens is 496 g/mol. The van der Waals surface area contributed by atoms with Gasteiger partial charge in [-0.15, -0.1) is 0 Å². The van der Waals surface area contributed by atoms with E-state index in [2.05, 4.69) is 24.1 Å². The molecule has 2 rings (SSSR count). The lowest BCUT2D eigenvalue weighted by Gasteiger charge is -2.39. The van der Waals surface area contributed by atoms with Gasteiger partial charge in [-0.1, -0.05) is 40.2 Å². The first kappa shape index (κ1) is 32.8. The van der Waals surface area contributed by atoms with Crippen molar-refractivity contribution in [3.63, 3.8) is 0 Å². The van der Waals surface area contributed by atoms with Crippen molar-refractivity contribution in [3.05, 3.63) is 11.6 Å². The molecule has 0 bridgehead atoms. The van der Waals surface area contributed by atoms with Gasteiger partial charge in [0.15, 0.2) is 0 Å². The van der Waals surface area contributed by atoms with Crippen molar-refractivity contribution in [3.8, 4) is 0 Å². The molecule has 39 heavy (non-hydrogen) atoms. The van der Waals surface area contributed by atoms with Crippen LogP contribution in [0.5, 0.6) is 0 Å². The quantitative estimate of drug-likeness (QED) is 0.332. The number of likely N-dealkylation sites (N-methyl/N-ethyl adjacent to an activating group) is 1. The van der Waals surface area contributed by atoms with Gasteiger partial charge in [-0.25, -0.2) is 4.79 Å². The third-order valence-electron chi connectivity index (χ3n) is 8.21. The number of amides is 3. The summed E-state index contributed by atoms with van der Waals surface area (Å²) in [4.78, 5) is 58.4. The highest BCUT2D eigenvalue weighted by Gasteiger charge is 2.37. The molecule has 9 heteroatoms. The molecule has 0 saturated carbocycles. The lowest BCUT2D eigenvalue weighted by molar-refractivity contribution is -0.153. The van der Waals surface area contributed by atoms with Gasteiger partial charge >= 0.3 is 5.97 Å². The van der Waals surface area contributed by atoms with Crippen molar-refractivity contribution >= 4 is 23.7 Å². The zero-order valence-corrected chi connectivity index (χ0v) is 25.7. The lowest BCUT2D eigenvalue weighted by atomic mass is 9.95. The van der Waals surface area contributed by atoms with Gasteiger partial charge in [0.05, 0.1) is 19.2 Å². The monoisotopic (exact) mass is 548 g/mol. The Kier molecular flexibility index (Phi) is 12.5. The number of rotatable bonds is 10. The Labute approximate surface area is 235 Å². The van der Waals surface area contributed by atoms with E-state index in [0.717, 1.165) is 38.6 Å². The molecule has 3 amide bonds. The number of nitrogens with zero attached hydrogens (tertiary/aromatic N) is 3. The summed E-state index contributed by atoms with van der Waals surface area (Å²) in [6, 6.07) is -1.59. The van der Waals surface area contributed by atoms with Crippen molar-refractivity contribution in [1.29, 1.82) is 0 Å². The number of likely N-dealkylation sites (tertiary alicyclic amines) is 2. The minimum atomic E-state index is -0.671. The number of hydrogen-bond donors (Lipinski definition) is 1. The van der Waals surface area contributed by atoms with Crippen LogP contribution >= 0.6 is 0 Å². The van der Waals surface area contributed by atoms with Gasteiger partial charge in [0.2, 0.25) is 17.7 Å². The Balaban J connectivity index is 2.23. The van der Waals surface area contributed by atoms with Crippen LogP contribution in [0, 0.1) is 11.8 Å². The Morgan fingerprint density at radius 3 is 2.03 bits per heavy atom. The molecule has 1 unspecified atom stereocenters. The zero-order chi connectivity index (χ0) is 29.4. The maximum atomic E-state index is 13.8. The summed E-state index contributed by atoms with van der Waals surface area (Å²) in [5, 5.41) is 3.08. The van der Waals surface area contributed by atoms with E-state index in [0.29, 0.717) is 18.5 Å². The van der Waals surface area contributed by atoms with Crippen LogP contribution in [0.25, 0.3) is 0 Å². The summed E-state index contributed by atoms with van der Waals surface area (Å²) in [6.45, 7) is 15.2. The highest BCUT2D eigenvalue weighted by atomic mass is 16.5. The third-order valence-corrected chi connectivity index (χ3v) is 8.21. The Hall–Kier alpha value is -2.42. The SMILES string of the molecule is COC(=O)C1CCCCN1C(=O)/C(C)=C/[C@H](C(C)C)N(C)C(=O)[C@@H](NC(=O)[C@H]1CCCCN1C(C)C)C(C)C. The first-order chi connectivity index (χ1) is 18.3. The molecule has 0 spiro atoms. The topological polar surface area (TPSA) is 99.3 Å². The average molecular weight is 549 g/mol. The van der Waals surface area contributed by atoms with Crippen LogP contribution in [0.2, 0.25) is 0 Å². The largest absolute Gasteiger partial charge is 0.467 e. The predicted molar refractivity (Wildman–Crippen MR) is 153 cm³/mol. The van der Waals surface area contributed by atoms with E-state index in [1.165, 1.54) is 7.11 Å².